The van der Waals surface area contributed by atoms with Gasteiger partial charge in [0.25, 0.3) is 5.91 Å². The van der Waals surface area contributed by atoms with E-state index in [1.54, 1.807) is 13.8 Å². The number of anilines is 1. The summed E-state index contributed by atoms with van der Waals surface area (Å²) < 4.78 is 5.68. The van der Waals surface area contributed by atoms with Crippen molar-refractivity contribution in [3.8, 4) is 5.75 Å². The Hall–Kier alpha value is -3.35. The third-order valence-corrected chi connectivity index (χ3v) is 4.26. The molecule has 2 amide bonds. The van der Waals surface area contributed by atoms with E-state index < -0.39 is 11.6 Å². The van der Waals surface area contributed by atoms with Crippen LogP contribution in [0.2, 0.25) is 0 Å². The Morgan fingerprint density at radius 1 is 1.15 bits per heavy atom. The van der Waals surface area contributed by atoms with Gasteiger partial charge in [0.15, 0.2) is 5.60 Å². The Morgan fingerprint density at radius 3 is 2.52 bits per heavy atom. The summed E-state index contributed by atoms with van der Waals surface area (Å²) in [5, 5.41) is 11.9. The highest BCUT2D eigenvalue weighted by atomic mass is 16.5. The normalized spacial score (nSPS) is 14.9. The van der Waals surface area contributed by atoms with E-state index in [0.717, 1.165) is 5.56 Å². The molecular weight excluding hydrogens is 348 g/mol. The van der Waals surface area contributed by atoms with E-state index in [-0.39, 0.29) is 29.7 Å². The van der Waals surface area contributed by atoms with Crippen LogP contribution in [0.15, 0.2) is 48.5 Å². The van der Waals surface area contributed by atoms with Gasteiger partial charge >= 0.3 is 5.97 Å². The Bertz CT molecular complexity index is 893. The number of carbonyl (C=O) groups excluding carboxylic acids is 2. The van der Waals surface area contributed by atoms with Gasteiger partial charge in [0.1, 0.15) is 12.3 Å². The van der Waals surface area contributed by atoms with E-state index >= 15 is 0 Å². The fourth-order valence-corrected chi connectivity index (χ4v) is 2.86. The molecule has 0 saturated carbocycles. The van der Waals surface area contributed by atoms with Crippen molar-refractivity contribution < 1.29 is 24.2 Å². The summed E-state index contributed by atoms with van der Waals surface area (Å²) in [5.74, 6) is -1.52. The topological polar surface area (TPSA) is 95.9 Å². The molecule has 0 radical (unpaired) electrons. The minimum Gasteiger partial charge on any atom is -0.478 e. The molecule has 0 atom stereocenters. The molecule has 27 heavy (non-hydrogen) atoms. The molecule has 7 heteroatoms. The lowest BCUT2D eigenvalue weighted by atomic mass is 10.0. The molecule has 3 rings (SSSR count). The number of carboxylic acid groups (broad SMARTS) is 1. The highest BCUT2D eigenvalue weighted by Crippen LogP contribution is 2.38. The van der Waals surface area contributed by atoms with E-state index in [0.29, 0.717) is 12.2 Å². The monoisotopic (exact) mass is 368 g/mol. The molecule has 1 heterocycles. The Balaban J connectivity index is 1.80. The molecule has 0 fully saturated rings. The molecule has 0 unspecified atom stereocenters. The number of nitrogens with one attached hydrogen (secondary N) is 1. The maximum absolute atomic E-state index is 12.7. The zero-order chi connectivity index (χ0) is 19.6. The van der Waals surface area contributed by atoms with E-state index in [9.17, 15) is 14.4 Å². The smallest absolute Gasteiger partial charge is 0.335 e. The number of carboxylic acids is 1. The van der Waals surface area contributed by atoms with Crippen LogP contribution in [0.1, 0.15) is 29.8 Å². The van der Waals surface area contributed by atoms with Crippen molar-refractivity contribution in [2.75, 3.05) is 11.4 Å². The van der Waals surface area contributed by atoms with Gasteiger partial charge in [-0.15, -0.1) is 0 Å². The standard InChI is InChI=1S/C20H20N2O5/c1-20(2)19(26)22(12-17(23)21-11-13-6-4-3-5-7-13)15-9-8-14(18(24)25)10-16(15)27-20/h3-10H,11-12H2,1-2H3,(H,21,23)(H,24,25). The summed E-state index contributed by atoms with van der Waals surface area (Å²) in [7, 11) is 0. The van der Waals surface area contributed by atoms with Crippen LogP contribution in [0.4, 0.5) is 5.69 Å². The van der Waals surface area contributed by atoms with Crippen LogP contribution in [0, 0.1) is 0 Å². The first-order chi connectivity index (χ1) is 12.8. The van der Waals surface area contributed by atoms with E-state index in [2.05, 4.69) is 5.32 Å². The van der Waals surface area contributed by atoms with Gasteiger partial charge in [-0.05, 0) is 37.6 Å². The van der Waals surface area contributed by atoms with Gasteiger partial charge in [0.05, 0.1) is 11.3 Å². The van der Waals surface area contributed by atoms with Crippen molar-refractivity contribution in [1.82, 2.24) is 5.32 Å². The minimum atomic E-state index is -1.20. The predicted molar refractivity (Wildman–Crippen MR) is 98.8 cm³/mol. The van der Waals surface area contributed by atoms with Crippen molar-refractivity contribution in [1.29, 1.82) is 0 Å². The quantitative estimate of drug-likeness (QED) is 0.844. The van der Waals surface area contributed by atoms with Crippen LogP contribution in [-0.2, 0) is 16.1 Å². The van der Waals surface area contributed by atoms with E-state index in [1.807, 2.05) is 30.3 Å². The molecule has 0 saturated heterocycles. The van der Waals surface area contributed by atoms with Crippen LogP contribution >= 0.6 is 0 Å². The van der Waals surface area contributed by atoms with Crippen LogP contribution < -0.4 is 15.0 Å². The third-order valence-electron chi connectivity index (χ3n) is 4.26. The SMILES string of the molecule is CC1(C)Oc2cc(C(=O)O)ccc2N(CC(=O)NCc2ccccc2)C1=O. The predicted octanol–water partition coefficient (Wildman–Crippen LogP) is 2.21. The first-order valence-electron chi connectivity index (χ1n) is 8.47. The Kier molecular flexibility index (Phi) is 4.85. The fourth-order valence-electron chi connectivity index (χ4n) is 2.86. The fraction of sp³-hybridized carbons (Fsp3) is 0.250. The maximum Gasteiger partial charge on any atom is 0.335 e. The zero-order valence-corrected chi connectivity index (χ0v) is 15.1. The second-order valence-electron chi connectivity index (χ2n) is 6.75. The largest absolute Gasteiger partial charge is 0.478 e. The number of hydrogen-bond acceptors (Lipinski definition) is 4. The number of ether oxygens (including phenoxy) is 1. The van der Waals surface area contributed by atoms with Gasteiger partial charge in [-0.2, -0.15) is 0 Å². The second kappa shape index (κ2) is 7.11. The third kappa shape index (κ3) is 3.92. The van der Waals surface area contributed by atoms with Gasteiger partial charge in [-0.3, -0.25) is 14.5 Å². The number of rotatable bonds is 5. The highest BCUT2D eigenvalue weighted by Gasteiger charge is 2.41. The maximum atomic E-state index is 12.7. The summed E-state index contributed by atoms with van der Waals surface area (Å²) in [5.41, 5.74) is 0.168. The molecule has 0 aliphatic carbocycles. The summed E-state index contributed by atoms with van der Waals surface area (Å²) in [6.45, 7) is 3.34. The number of benzene rings is 2. The average molecular weight is 368 g/mol. The van der Waals surface area contributed by atoms with Crippen LogP contribution in [0.5, 0.6) is 5.75 Å². The second-order valence-corrected chi connectivity index (χ2v) is 6.75. The number of carbonyl (C=O) groups is 3. The Morgan fingerprint density at radius 2 is 1.85 bits per heavy atom. The Labute approximate surface area is 156 Å². The molecular formula is C20H20N2O5. The number of aromatic carboxylic acids is 1. The van der Waals surface area contributed by atoms with Gasteiger partial charge < -0.3 is 15.2 Å². The molecule has 2 aromatic carbocycles. The summed E-state index contributed by atoms with van der Waals surface area (Å²) in [6.07, 6.45) is 0. The van der Waals surface area contributed by atoms with Crippen molar-refractivity contribution in [3.63, 3.8) is 0 Å². The summed E-state index contributed by atoms with van der Waals surface area (Å²) in [6, 6.07) is 13.7. The molecule has 2 aromatic rings. The lowest BCUT2D eigenvalue weighted by molar-refractivity contribution is -0.134. The van der Waals surface area contributed by atoms with Crippen molar-refractivity contribution in [2.45, 2.75) is 26.0 Å². The van der Waals surface area contributed by atoms with Gasteiger partial charge in [-0.25, -0.2) is 4.79 Å². The molecule has 7 nitrogen and oxygen atoms in total. The van der Waals surface area contributed by atoms with Gasteiger partial charge in [0.2, 0.25) is 5.91 Å². The van der Waals surface area contributed by atoms with Crippen LogP contribution in [-0.4, -0.2) is 35.0 Å². The first-order valence-corrected chi connectivity index (χ1v) is 8.47. The molecule has 140 valence electrons. The molecule has 0 bridgehead atoms. The van der Waals surface area contributed by atoms with Gasteiger partial charge in [-0.1, -0.05) is 30.3 Å². The summed E-state index contributed by atoms with van der Waals surface area (Å²) in [4.78, 5) is 37.6. The zero-order valence-electron chi connectivity index (χ0n) is 15.1. The van der Waals surface area contributed by atoms with Crippen molar-refractivity contribution in [2.24, 2.45) is 0 Å². The lowest BCUT2D eigenvalue weighted by Crippen LogP contribution is -2.54. The molecule has 1 aliphatic rings. The van der Waals surface area contributed by atoms with Crippen LogP contribution in [0.25, 0.3) is 0 Å². The van der Waals surface area contributed by atoms with Gasteiger partial charge in [0, 0.05) is 6.54 Å². The van der Waals surface area contributed by atoms with Crippen LogP contribution in [0.3, 0.4) is 0 Å². The molecule has 0 spiro atoms. The van der Waals surface area contributed by atoms with Crippen molar-refractivity contribution in [3.05, 3.63) is 59.7 Å². The van der Waals surface area contributed by atoms with E-state index in [4.69, 9.17) is 9.84 Å². The molecule has 2 N–H and O–H groups in total. The summed E-state index contributed by atoms with van der Waals surface area (Å²) >= 11 is 0. The number of fused-ring (bicyclic) bond motifs is 1. The first kappa shape index (κ1) is 18.4. The number of amides is 2. The lowest BCUT2D eigenvalue weighted by Gasteiger charge is -2.38. The van der Waals surface area contributed by atoms with E-state index in [1.165, 1.54) is 23.1 Å². The highest BCUT2D eigenvalue weighted by molar-refractivity contribution is 6.06. The molecule has 1 aliphatic heterocycles. The molecule has 0 aromatic heterocycles. The average Bonchev–Trinajstić information content (AvgIpc) is 2.63. The minimum absolute atomic E-state index is 0.0485. The van der Waals surface area contributed by atoms with Crippen molar-refractivity contribution >= 4 is 23.5 Å². The number of nitrogens with zero attached hydrogens (tertiary/aromatic N) is 1. The number of hydrogen-bond donors (Lipinski definition) is 2.